The topological polar surface area (TPSA) is 99.3 Å². The molecule has 0 aliphatic rings. The predicted octanol–water partition coefficient (Wildman–Crippen LogP) is 4.07. The molecule has 8 nitrogen and oxygen atoms in total. The van der Waals surface area contributed by atoms with Gasteiger partial charge in [-0.05, 0) is 55.8 Å². The van der Waals surface area contributed by atoms with Crippen LogP contribution in [0.15, 0.2) is 48.5 Å². The van der Waals surface area contributed by atoms with Crippen LogP contribution >= 0.6 is 11.6 Å². The van der Waals surface area contributed by atoms with Crippen molar-refractivity contribution in [3.8, 4) is 5.75 Å². The molecule has 0 saturated heterocycles. The van der Waals surface area contributed by atoms with Crippen molar-refractivity contribution in [1.29, 1.82) is 0 Å². The SMILES string of the molecule is Cc1nn(CCNC(=O)c2ccc(COc3ccc(Cl)cc3)cc2)c(C)c1[N+](=O)[O-]. The third kappa shape index (κ3) is 5.15. The molecule has 0 unspecified atom stereocenters. The van der Waals surface area contributed by atoms with Crippen LogP contribution in [0, 0.1) is 24.0 Å². The third-order valence-corrected chi connectivity index (χ3v) is 4.82. The van der Waals surface area contributed by atoms with Crippen LogP contribution in [0.1, 0.15) is 27.3 Å². The van der Waals surface area contributed by atoms with Crippen molar-refractivity contribution in [2.45, 2.75) is 27.0 Å². The molecule has 2 aromatic carbocycles. The lowest BCUT2D eigenvalue weighted by Gasteiger charge is -2.09. The first-order valence-corrected chi connectivity index (χ1v) is 9.67. The monoisotopic (exact) mass is 428 g/mol. The summed E-state index contributed by atoms with van der Waals surface area (Å²) in [4.78, 5) is 22.9. The van der Waals surface area contributed by atoms with Gasteiger partial charge in [-0.25, -0.2) is 0 Å². The molecule has 0 aliphatic heterocycles. The van der Waals surface area contributed by atoms with E-state index in [9.17, 15) is 14.9 Å². The molecule has 0 spiro atoms. The summed E-state index contributed by atoms with van der Waals surface area (Å²) in [6.07, 6.45) is 0. The molecule has 1 N–H and O–H groups in total. The number of aryl methyl sites for hydroxylation is 1. The summed E-state index contributed by atoms with van der Waals surface area (Å²) in [6, 6.07) is 14.2. The van der Waals surface area contributed by atoms with Crippen LogP contribution < -0.4 is 10.1 Å². The lowest BCUT2D eigenvalue weighted by atomic mass is 10.1. The average molecular weight is 429 g/mol. The van der Waals surface area contributed by atoms with Gasteiger partial charge in [0.15, 0.2) is 0 Å². The predicted molar refractivity (Wildman–Crippen MR) is 113 cm³/mol. The Balaban J connectivity index is 1.50. The molecule has 0 atom stereocenters. The molecule has 0 fully saturated rings. The van der Waals surface area contributed by atoms with Gasteiger partial charge >= 0.3 is 5.69 Å². The largest absolute Gasteiger partial charge is 0.489 e. The minimum atomic E-state index is -0.440. The minimum Gasteiger partial charge on any atom is -0.489 e. The minimum absolute atomic E-state index is 0.0118. The number of ether oxygens (including phenoxy) is 1. The summed E-state index contributed by atoms with van der Waals surface area (Å²) < 4.78 is 7.22. The van der Waals surface area contributed by atoms with E-state index in [-0.39, 0.29) is 11.6 Å². The molecule has 0 bridgehead atoms. The quantitative estimate of drug-likeness (QED) is 0.430. The Kier molecular flexibility index (Phi) is 6.68. The normalized spacial score (nSPS) is 10.6. The second-order valence-electron chi connectivity index (χ2n) is 6.70. The highest BCUT2D eigenvalue weighted by Gasteiger charge is 2.21. The van der Waals surface area contributed by atoms with Crippen molar-refractivity contribution < 1.29 is 14.5 Å². The Morgan fingerprint density at radius 2 is 1.83 bits per heavy atom. The van der Waals surface area contributed by atoms with Gasteiger partial charge in [-0.2, -0.15) is 5.10 Å². The van der Waals surface area contributed by atoms with E-state index in [1.54, 1.807) is 50.2 Å². The first-order valence-electron chi connectivity index (χ1n) is 9.29. The van der Waals surface area contributed by atoms with Gasteiger partial charge in [0.25, 0.3) is 5.91 Å². The second-order valence-corrected chi connectivity index (χ2v) is 7.13. The first-order chi connectivity index (χ1) is 14.3. The van der Waals surface area contributed by atoms with E-state index in [4.69, 9.17) is 16.3 Å². The maximum Gasteiger partial charge on any atom is 0.312 e. The van der Waals surface area contributed by atoms with Gasteiger partial charge in [0.05, 0.1) is 11.5 Å². The van der Waals surface area contributed by atoms with Crippen LogP contribution in [-0.2, 0) is 13.2 Å². The molecule has 156 valence electrons. The zero-order valence-corrected chi connectivity index (χ0v) is 17.3. The fourth-order valence-electron chi connectivity index (χ4n) is 3.00. The van der Waals surface area contributed by atoms with E-state index >= 15 is 0 Å². The summed E-state index contributed by atoms with van der Waals surface area (Å²) in [7, 11) is 0. The van der Waals surface area contributed by atoms with Crippen molar-refractivity contribution in [2.75, 3.05) is 6.54 Å². The van der Waals surface area contributed by atoms with E-state index in [2.05, 4.69) is 10.4 Å². The van der Waals surface area contributed by atoms with Crippen molar-refractivity contribution in [1.82, 2.24) is 15.1 Å². The van der Waals surface area contributed by atoms with E-state index in [1.165, 1.54) is 4.68 Å². The number of benzene rings is 2. The number of aromatic nitrogens is 2. The first kappa shape index (κ1) is 21.3. The summed E-state index contributed by atoms with van der Waals surface area (Å²) in [5.74, 6) is 0.488. The number of halogens is 1. The molecule has 1 heterocycles. The van der Waals surface area contributed by atoms with Crippen molar-refractivity contribution >= 4 is 23.2 Å². The fraction of sp³-hybridized carbons (Fsp3) is 0.238. The second kappa shape index (κ2) is 9.41. The molecule has 1 amide bonds. The number of amides is 1. The lowest BCUT2D eigenvalue weighted by Crippen LogP contribution is -2.27. The van der Waals surface area contributed by atoms with Gasteiger partial charge in [0.1, 0.15) is 23.7 Å². The van der Waals surface area contributed by atoms with Crippen molar-refractivity contribution in [3.05, 3.63) is 86.2 Å². The number of nitrogens with zero attached hydrogens (tertiary/aromatic N) is 3. The number of rotatable bonds is 8. The Morgan fingerprint density at radius 3 is 2.43 bits per heavy atom. The van der Waals surface area contributed by atoms with Gasteiger partial charge in [-0.15, -0.1) is 0 Å². The molecule has 3 rings (SSSR count). The highest BCUT2D eigenvalue weighted by molar-refractivity contribution is 6.30. The van der Waals surface area contributed by atoms with Crippen LogP contribution in [0.3, 0.4) is 0 Å². The standard InChI is InChI=1S/C21H21ClN4O4/c1-14-20(26(28)29)15(2)25(24-14)12-11-23-21(27)17-5-3-16(4-6-17)13-30-19-9-7-18(22)8-10-19/h3-10H,11-13H2,1-2H3,(H,23,27). The Labute approximate surface area is 178 Å². The number of carbonyl (C=O) groups is 1. The summed E-state index contributed by atoms with van der Waals surface area (Å²) in [5.41, 5.74) is 2.29. The van der Waals surface area contributed by atoms with Crippen LogP contribution in [0.2, 0.25) is 5.02 Å². The number of hydrogen-bond donors (Lipinski definition) is 1. The van der Waals surface area contributed by atoms with Crippen LogP contribution in [0.25, 0.3) is 0 Å². The van der Waals surface area contributed by atoms with Crippen molar-refractivity contribution in [2.24, 2.45) is 0 Å². The molecular weight excluding hydrogens is 408 g/mol. The maximum atomic E-state index is 12.3. The van der Waals surface area contributed by atoms with Gasteiger partial charge in [0, 0.05) is 17.1 Å². The zero-order valence-electron chi connectivity index (χ0n) is 16.6. The van der Waals surface area contributed by atoms with Crippen LogP contribution in [0.5, 0.6) is 5.75 Å². The molecule has 9 heteroatoms. The average Bonchev–Trinajstić information content (AvgIpc) is 3.01. The van der Waals surface area contributed by atoms with Gasteiger partial charge in [-0.1, -0.05) is 23.7 Å². The summed E-state index contributed by atoms with van der Waals surface area (Å²) in [5, 5.41) is 18.7. The Morgan fingerprint density at radius 1 is 1.17 bits per heavy atom. The summed E-state index contributed by atoms with van der Waals surface area (Å²) in [6.45, 7) is 4.27. The van der Waals surface area contributed by atoms with Gasteiger partial charge in [0.2, 0.25) is 0 Å². The van der Waals surface area contributed by atoms with E-state index in [0.717, 1.165) is 5.56 Å². The van der Waals surface area contributed by atoms with Crippen LogP contribution in [-0.4, -0.2) is 27.2 Å². The molecule has 1 aromatic heterocycles. The number of nitro groups is 1. The number of nitrogens with one attached hydrogen (secondary N) is 1. The van der Waals surface area contributed by atoms with E-state index in [1.807, 2.05) is 12.1 Å². The van der Waals surface area contributed by atoms with Gasteiger partial charge < -0.3 is 10.1 Å². The molecule has 0 radical (unpaired) electrons. The zero-order chi connectivity index (χ0) is 21.7. The summed E-state index contributed by atoms with van der Waals surface area (Å²) >= 11 is 5.85. The highest BCUT2D eigenvalue weighted by Crippen LogP contribution is 2.21. The number of hydrogen-bond acceptors (Lipinski definition) is 5. The van der Waals surface area contributed by atoms with E-state index in [0.29, 0.717) is 47.4 Å². The molecule has 3 aromatic rings. The van der Waals surface area contributed by atoms with Gasteiger partial charge in [-0.3, -0.25) is 19.6 Å². The highest BCUT2D eigenvalue weighted by atomic mass is 35.5. The maximum absolute atomic E-state index is 12.3. The number of carbonyl (C=O) groups excluding carboxylic acids is 1. The van der Waals surface area contributed by atoms with Crippen LogP contribution in [0.4, 0.5) is 5.69 Å². The fourth-order valence-corrected chi connectivity index (χ4v) is 3.12. The van der Waals surface area contributed by atoms with Crippen molar-refractivity contribution in [3.63, 3.8) is 0 Å². The Bertz CT molecular complexity index is 1050. The molecular formula is C21H21ClN4O4. The molecule has 0 saturated carbocycles. The molecule has 30 heavy (non-hydrogen) atoms. The lowest BCUT2D eigenvalue weighted by molar-refractivity contribution is -0.386. The Hall–Kier alpha value is -3.39. The third-order valence-electron chi connectivity index (χ3n) is 4.57. The molecule has 0 aliphatic carbocycles. The smallest absolute Gasteiger partial charge is 0.312 e. The van der Waals surface area contributed by atoms with E-state index < -0.39 is 4.92 Å².